The molecule has 0 aromatic carbocycles. The van der Waals surface area contributed by atoms with E-state index in [2.05, 4.69) is 13.8 Å². The predicted octanol–water partition coefficient (Wildman–Crippen LogP) is 4.61. The molecule has 0 aliphatic rings. The zero-order chi connectivity index (χ0) is 25.0. The first-order valence-corrected chi connectivity index (χ1v) is 12.8. The molecule has 0 aliphatic heterocycles. The van der Waals surface area contributed by atoms with Crippen LogP contribution in [0, 0.1) is 13.8 Å². The second-order valence-corrected chi connectivity index (χ2v) is 7.49. The summed E-state index contributed by atoms with van der Waals surface area (Å²) in [6.07, 6.45) is 17.7. The Labute approximate surface area is 207 Å². The van der Waals surface area contributed by atoms with Crippen LogP contribution in [0.25, 0.3) is 0 Å². The predicted molar refractivity (Wildman–Crippen MR) is 132 cm³/mol. The van der Waals surface area contributed by atoms with Crippen LogP contribution in [0.4, 0.5) is 0 Å². The molecule has 0 aromatic rings. The minimum atomic E-state index is -0.167. The molecule has 0 fully saturated rings. The van der Waals surface area contributed by atoms with Gasteiger partial charge in [0.2, 0.25) is 0 Å². The van der Waals surface area contributed by atoms with Crippen LogP contribution in [-0.2, 0) is 23.7 Å². The quantitative estimate of drug-likeness (QED) is 0.124. The van der Waals surface area contributed by atoms with E-state index in [4.69, 9.17) is 30.7 Å². The van der Waals surface area contributed by atoms with Gasteiger partial charge in [0.25, 0.3) is 0 Å². The minimum absolute atomic E-state index is 0.167. The van der Waals surface area contributed by atoms with Crippen molar-refractivity contribution in [3.05, 3.63) is 13.8 Å². The summed E-state index contributed by atoms with van der Waals surface area (Å²) in [7, 11) is 0. The van der Waals surface area contributed by atoms with Crippen molar-refractivity contribution in [2.24, 2.45) is 17.2 Å². The van der Waals surface area contributed by atoms with Gasteiger partial charge in [-0.05, 0) is 59.2 Å². The number of aliphatic hydroxyl groups excluding tert-OH is 2. The summed E-state index contributed by atoms with van der Waals surface area (Å²) in [4.78, 5) is 0. The van der Waals surface area contributed by atoms with Gasteiger partial charge in [0.1, 0.15) is 0 Å². The summed E-state index contributed by atoms with van der Waals surface area (Å²) in [6.45, 7) is 13.8. The molecule has 0 unspecified atom stereocenters. The number of rotatable bonds is 16. The third kappa shape index (κ3) is 91.3. The normalized spacial score (nSPS) is 9.29. The van der Waals surface area contributed by atoms with E-state index in [-0.39, 0.29) is 6.10 Å². The maximum absolute atomic E-state index is 8.40. The molecule has 0 aliphatic carbocycles. The molecule has 0 saturated heterocycles. The summed E-state index contributed by atoms with van der Waals surface area (Å²) >= 11 is 0.750. The van der Waals surface area contributed by atoms with E-state index in [1.54, 1.807) is 13.8 Å². The Bertz CT molecular complexity index is 207. The molecule has 0 amide bonds. The Morgan fingerprint density at radius 2 is 0.839 bits per heavy atom. The Morgan fingerprint density at radius 3 is 1.06 bits per heavy atom. The van der Waals surface area contributed by atoms with Crippen LogP contribution in [0.5, 0.6) is 0 Å². The van der Waals surface area contributed by atoms with Crippen LogP contribution < -0.4 is 17.2 Å². The molecule has 7 heteroatoms. The molecule has 31 heavy (non-hydrogen) atoms. The van der Waals surface area contributed by atoms with E-state index in [1.165, 1.54) is 64.2 Å². The van der Waals surface area contributed by atoms with Gasteiger partial charge >= 0.3 is 23.7 Å². The Kier molecular flexibility index (Phi) is 70.1. The zero-order valence-corrected chi connectivity index (χ0v) is 22.5. The van der Waals surface area contributed by atoms with Crippen LogP contribution in [0.1, 0.15) is 110 Å². The summed E-state index contributed by atoms with van der Waals surface area (Å²) in [6, 6.07) is 0. The standard InChI is InChI=1S/C7H17NO.2C7H16N.C3H8O.O.Ti/c8-6-4-2-1-3-5-7-9;2*1-2-3-4-5-6-7-8;1-3(2)4;;/h9H,1-8H2;2*1-8H2;3-4H,1-2H3;;/q;2*-1;;;+2. The van der Waals surface area contributed by atoms with Crippen molar-refractivity contribution in [3.8, 4) is 0 Å². The average molecular weight is 484 g/mol. The van der Waals surface area contributed by atoms with Gasteiger partial charge < -0.3 is 41.3 Å². The first-order valence-electron chi connectivity index (χ1n) is 12.2. The molecule has 0 aromatic heterocycles. The van der Waals surface area contributed by atoms with Gasteiger partial charge in [0.15, 0.2) is 0 Å². The zero-order valence-electron chi connectivity index (χ0n) is 21.0. The first kappa shape index (κ1) is 41.6. The summed E-state index contributed by atoms with van der Waals surface area (Å²) in [5.41, 5.74) is 15.9. The van der Waals surface area contributed by atoms with Crippen molar-refractivity contribution in [3.63, 3.8) is 0 Å². The molecule has 0 atom stereocenters. The van der Waals surface area contributed by atoms with Crippen molar-refractivity contribution in [1.82, 2.24) is 0 Å². The Hall–Kier alpha value is 0.314. The average Bonchev–Trinajstić information content (AvgIpc) is 2.76. The molecule has 0 saturated carbocycles. The summed E-state index contributed by atoms with van der Waals surface area (Å²) in [5.74, 6) is 0. The monoisotopic (exact) mass is 483 g/mol. The number of aliphatic hydroxyl groups is 2. The van der Waals surface area contributed by atoms with Gasteiger partial charge in [-0.2, -0.15) is 12.8 Å². The van der Waals surface area contributed by atoms with Gasteiger partial charge in [-0.3, -0.25) is 0 Å². The van der Waals surface area contributed by atoms with Crippen molar-refractivity contribution in [2.45, 2.75) is 116 Å². The Morgan fingerprint density at radius 1 is 0.613 bits per heavy atom. The molecule has 0 heterocycles. The van der Waals surface area contributed by atoms with E-state index >= 15 is 0 Å². The van der Waals surface area contributed by atoms with Gasteiger partial charge in [-0.1, -0.05) is 57.8 Å². The Balaban J connectivity index is -0.0000000969. The van der Waals surface area contributed by atoms with Crippen molar-refractivity contribution < 1.29 is 33.9 Å². The fourth-order valence-corrected chi connectivity index (χ4v) is 2.14. The van der Waals surface area contributed by atoms with Crippen LogP contribution in [0.3, 0.4) is 0 Å². The van der Waals surface area contributed by atoms with Crippen molar-refractivity contribution in [2.75, 3.05) is 26.2 Å². The van der Waals surface area contributed by atoms with Crippen LogP contribution in [-0.4, -0.2) is 42.6 Å². The molecule has 0 rings (SSSR count). The SMILES string of the molecule is CC(C)O.NCCCCCCCO.[CH2-]CCCCCCN.[CH2-]CCCCCCN.[O]=[Ti+2]. The van der Waals surface area contributed by atoms with Gasteiger partial charge in [0, 0.05) is 12.7 Å². The first-order chi connectivity index (χ1) is 15.0. The third-order valence-electron chi connectivity index (χ3n) is 3.77. The van der Waals surface area contributed by atoms with E-state index < -0.39 is 0 Å². The molecule has 190 valence electrons. The molecule has 0 bridgehead atoms. The van der Waals surface area contributed by atoms with Gasteiger partial charge in [0.05, 0.1) is 0 Å². The summed E-state index contributed by atoms with van der Waals surface area (Å²) in [5, 5.41) is 16.5. The second kappa shape index (κ2) is 52.3. The van der Waals surface area contributed by atoms with Crippen molar-refractivity contribution in [1.29, 1.82) is 0 Å². The van der Waals surface area contributed by atoms with Gasteiger partial charge in [-0.15, -0.1) is 0 Å². The number of unbranched alkanes of at least 4 members (excludes halogenated alkanes) is 12. The molecule has 8 N–H and O–H groups in total. The van der Waals surface area contributed by atoms with E-state index in [0.29, 0.717) is 6.61 Å². The molecular formula is C24H57N3O3Ti. The number of nitrogens with two attached hydrogens (primary N) is 3. The summed E-state index contributed by atoms with van der Waals surface area (Å²) < 4.78 is 8.25. The van der Waals surface area contributed by atoms with E-state index in [9.17, 15) is 0 Å². The van der Waals surface area contributed by atoms with E-state index in [1.807, 2.05) is 0 Å². The second-order valence-electron chi connectivity index (χ2n) is 7.49. The van der Waals surface area contributed by atoms with E-state index in [0.717, 1.165) is 72.1 Å². The fraction of sp³-hybridized carbons (Fsp3) is 0.917. The molecule has 0 radical (unpaired) electrons. The third-order valence-corrected chi connectivity index (χ3v) is 3.77. The molecule has 0 spiro atoms. The fourth-order valence-electron chi connectivity index (χ4n) is 2.14. The van der Waals surface area contributed by atoms with Crippen molar-refractivity contribution >= 4 is 0 Å². The van der Waals surface area contributed by atoms with Crippen LogP contribution in [0.15, 0.2) is 0 Å². The van der Waals surface area contributed by atoms with Crippen LogP contribution >= 0.6 is 0 Å². The maximum atomic E-state index is 8.40. The van der Waals surface area contributed by atoms with Gasteiger partial charge in [-0.25, -0.2) is 0 Å². The number of hydrogen-bond donors (Lipinski definition) is 5. The molecule has 6 nitrogen and oxygen atoms in total. The topological polar surface area (TPSA) is 136 Å². The molecular weight excluding hydrogens is 426 g/mol. The number of hydrogen-bond acceptors (Lipinski definition) is 6. The van der Waals surface area contributed by atoms with Crippen LogP contribution in [0.2, 0.25) is 0 Å².